The zero-order valence-electron chi connectivity index (χ0n) is 65.0. The normalized spacial score (nSPS) is 11.7. The summed E-state index contributed by atoms with van der Waals surface area (Å²) in [5.74, 6) is 2.55. The van der Waals surface area contributed by atoms with E-state index in [-0.39, 0.29) is 0 Å². The van der Waals surface area contributed by atoms with Crippen molar-refractivity contribution < 1.29 is 0 Å². The van der Waals surface area contributed by atoms with E-state index < -0.39 is 0 Å². The van der Waals surface area contributed by atoms with Crippen LogP contribution in [0, 0.1) is 0 Å². The van der Waals surface area contributed by atoms with Crippen LogP contribution in [0.15, 0.2) is 431 Å². The highest BCUT2D eigenvalue weighted by Crippen LogP contribution is 2.47. The molecule has 0 radical (unpaired) electrons. The number of benzene rings is 18. The second-order valence-corrected chi connectivity index (χ2v) is 30.6. The molecule has 0 aliphatic carbocycles. The van der Waals surface area contributed by atoms with Crippen LogP contribution in [-0.2, 0) is 0 Å². The lowest BCUT2D eigenvalue weighted by Gasteiger charge is -2.15. The van der Waals surface area contributed by atoms with Gasteiger partial charge in [0.05, 0.1) is 66.9 Å². The molecule has 0 saturated heterocycles. The highest BCUT2D eigenvalue weighted by atomic mass is 15.1. The maximum atomic E-state index is 5.34. The van der Waals surface area contributed by atoms with Gasteiger partial charge in [0.2, 0.25) is 0 Å². The monoisotopic (exact) mass is 1530 g/mol. The zero-order valence-corrected chi connectivity index (χ0v) is 65.0. The molecule has 9 heteroatoms. The van der Waals surface area contributed by atoms with E-state index in [0.29, 0.717) is 23.3 Å². The van der Waals surface area contributed by atoms with Crippen LogP contribution in [0.25, 0.3) is 222 Å². The van der Waals surface area contributed by atoms with Crippen LogP contribution in [0.4, 0.5) is 0 Å². The van der Waals surface area contributed by atoms with Gasteiger partial charge in [-0.15, -0.1) is 0 Å². The molecule has 0 saturated carbocycles. The van der Waals surface area contributed by atoms with E-state index in [1.165, 1.54) is 81.8 Å². The van der Waals surface area contributed by atoms with Crippen molar-refractivity contribution in [1.82, 2.24) is 43.2 Å². The highest BCUT2D eigenvalue weighted by Gasteiger charge is 2.26. The number of nitrogens with zero attached hydrogens (tertiary/aromatic N) is 9. The van der Waals surface area contributed by atoms with E-state index in [2.05, 4.69) is 419 Å². The molecule has 24 rings (SSSR count). The summed E-state index contributed by atoms with van der Waals surface area (Å²) in [4.78, 5) is 26.1. The molecule has 0 N–H and O–H groups in total. The van der Waals surface area contributed by atoms with E-state index in [4.69, 9.17) is 24.9 Å². The van der Waals surface area contributed by atoms with E-state index in [1.807, 2.05) is 30.3 Å². The number of aromatic nitrogens is 9. The van der Waals surface area contributed by atoms with Crippen molar-refractivity contribution in [2.45, 2.75) is 0 Å². The van der Waals surface area contributed by atoms with E-state index >= 15 is 0 Å². The van der Waals surface area contributed by atoms with Gasteiger partial charge in [0.15, 0.2) is 23.3 Å². The molecule has 0 aliphatic heterocycles. The van der Waals surface area contributed by atoms with Crippen molar-refractivity contribution in [2.24, 2.45) is 0 Å². The van der Waals surface area contributed by atoms with Crippen molar-refractivity contribution in [3.8, 4) is 113 Å². The summed E-state index contributed by atoms with van der Waals surface area (Å²) >= 11 is 0. The van der Waals surface area contributed by atoms with Gasteiger partial charge in [0.25, 0.3) is 0 Å². The first-order valence-corrected chi connectivity index (χ1v) is 40.7. The Balaban J connectivity index is 0.000000140. The summed E-state index contributed by atoms with van der Waals surface area (Å²) in [6.45, 7) is 0. The molecule has 0 spiro atoms. The van der Waals surface area contributed by atoms with Crippen LogP contribution < -0.4 is 0 Å². The van der Waals surface area contributed by atoms with Crippen LogP contribution >= 0.6 is 0 Å². The molecular weight excluding hydrogens is 1460 g/mol. The van der Waals surface area contributed by atoms with Gasteiger partial charge < -0.3 is 18.3 Å². The van der Waals surface area contributed by atoms with Gasteiger partial charge >= 0.3 is 0 Å². The number of hydrogen-bond acceptors (Lipinski definition) is 5. The molecule has 6 aromatic heterocycles. The second kappa shape index (κ2) is 28.9. The van der Waals surface area contributed by atoms with Crippen LogP contribution in [0.1, 0.15) is 0 Å². The first kappa shape index (κ1) is 69.3. The largest absolute Gasteiger partial charge is 0.309 e. The Morgan fingerprint density at radius 3 is 0.858 bits per heavy atom. The first-order valence-electron chi connectivity index (χ1n) is 40.7. The molecule has 9 nitrogen and oxygen atoms in total. The predicted octanol–water partition coefficient (Wildman–Crippen LogP) is 28.4. The number of rotatable bonds is 12. The zero-order chi connectivity index (χ0) is 79.1. The van der Waals surface area contributed by atoms with Gasteiger partial charge in [0, 0.05) is 98.6 Å². The van der Waals surface area contributed by atoms with E-state index in [1.54, 1.807) is 0 Å². The van der Waals surface area contributed by atoms with Crippen LogP contribution in [0.2, 0.25) is 0 Å². The molecule has 18 aromatic carbocycles. The topological polar surface area (TPSA) is 84.2 Å². The second-order valence-electron chi connectivity index (χ2n) is 30.6. The molecule has 0 atom stereocenters. The third-order valence-corrected chi connectivity index (χ3v) is 23.6. The van der Waals surface area contributed by atoms with Crippen LogP contribution in [0.3, 0.4) is 0 Å². The highest BCUT2D eigenvalue weighted by molar-refractivity contribution is 6.28. The Bertz CT molecular complexity index is 7620. The average molecular weight is 1530 g/mol. The van der Waals surface area contributed by atoms with Gasteiger partial charge in [-0.25, -0.2) is 24.9 Å². The number of hydrogen-bond donors (Lipinski definition) is 0. The van der Waals surface area contributed by atoms with Gasteiger partial charge in [-0.1, -0.05) is 340 Å². The standard InChI is InChI=1S/C56H36N4.C55H35N5/c1-4-16-37(17-5-1)38-28-30-40(31-29-38)49-36-48(39-18-6-2-7-19-39)57-56(58-49)42-34-41-20-10-11-23-44(41)53(35-42)60-51-27-15-13-25-47(51)54-52(60)33-32-46-45-24-12-14-26-50(45)59(55(46)54)43-21-8-3-9-22-43;1-4-16-36(17-5-1)37-28-30-39(31-29-37)54-56-53(38-18-6-2-7-19-38)57-55(58-54)41-34-40-20-10-11-23-43(40)50(35-41)60-48-27-15-13-25-46(48)51-49(60)33-32-45-44-24-12-14-26-47(44)59(52(45)51)42-21-8-3-9-22-42/h1-36H;1-35H. The maximum Gasteiger partial charge on any atom is 0.164 e. The first-order chi connectivity index (χ1) is 59.5. The molecule has 120 heavy (non-hydrogen) atoms. The van der Waals surface area contributed by atoms with Gasteiger partial charge in [0.1, 0.15) is 0 Å². The Kier molecular flexibility index (Phi) is 16.7. The SMILES string of the molecule is c1ccc(-c2ccc(-c3cc(-c4ccccc4)nc(-c4cc(-n5c6ccccc6c6c5ccc5c7ccccc7n(-c7ccccc7)c56)c5ccccc5c4)n3)cc2)cc1.c1ccc(-c2ccc(-c3nc(-c4ccccc4)nc(-c4cc(-n5c6ccccc6c6c5ccc5c7ccccc7n(-c7ccccc7)c56)c5ccccc5c4)n3)cc2)cc1. The average Bonchev–Trinajstić information content (AvgIpc) is 1.55. The molecule has 0 unspecified atom stereocenters. The van der Waals surface area contributed by atoms with Crippen LogP contribution in [-0.4, -0.2) is 43.2 Å². The lowest BCUT2D eigenvalue weighted by molar-refractivity contribution is 1.07. The van der Waals surface area contributed by atoms with Gasteiger partial charge in [-0.05, 0) is 124 Å². The van der Waals surface area contributed by atoms with Gasteiger partial charge in [-0.2, -0.15) is 0 Å². The Morgan fingerprint density at radius 2 is 0.442 bits per heavy atom. The Labute approximate surface area is 691 Å². The quantitative estimate of drug-likeness (QED) is 0.122. The minimum Gasteiger partial charge on any atom is -0.309 e. The fourth-order valence-corrected chi connectivity index (χ4v) is 18.2. The molecule has 0 aliphatic rings. The molecular formula is C111H71N9. The predicted molar refractivity (Wildman–Crippen MR) is 498 cm³/mol. The number of fused-ring (bicyclic) bond motifs is 16. The minimum absolute atomic E-state index is 0.616. The van der Waals surface area contributed by atoms with Gasteiger partial charge in [-0.3, -0.25) is 0 Å². The van der Waals surface area contributed by atoms with Crippen molar-refractivity contribution in [1.29, 1.82) is 0 Å². The minimum atomic E-state index is 0.616. The van der Waals surface area contributed by atoms with E-state index in [0.717, 1.165) is 117 Å². The van der Waals surface area contributed by atoms with E-state index in [9.17, 15) is 0 Å². The summed E-state index contributed by atoms with van der Waals surface area (Å²) in [5.41, 5.74) is 26.0. The third kappa shape index (κ3) is 11.8. The third-order valence-electron chi connectivity index (χ3n) is 23.6. The smallest absolute Gasteiger partial charge is 0.164 e. The molecule has 560 valence electrons. The van der Waals surface area contributed by atoms with Crippen molar-refractivity contribution in [3.63, 3.8) is 0 Å². The maximum absolute atomic E-state index is 5.34. The van der Waals surface area contributed by atoms with Crippen molar-refractivity contribution in [3.05, 3.63) is 431 Å². The molecule has 0 bridgehead atoms. The Hall–Kier alpha value is -16.2. The fraction of sp³-hybridized carbons (Fsp3) is 0. The summed E-state index contributed by atoms with van der Waals surface area (Å²) in [7, 11) is 0. The lowest BCUT2D eigenvalue weighted by atomic mass is 10.0. The number of para-hydroxylation sites is 6. The van der Waals surface area contributed by atoms with Crippen LogP contribution in [0.5, 0.6) is 0 Å². The molecule has 24 aromatic rings. The summed E-state index contributed by atoms with van der Waals surface area (Å²) in [5, 5.41) is 14.3. The molecule has 0 amide bonds. The lowest BCUT2D eigenvalue weighted by Crippen LogP contribution is -2.02. The Morgan fingerprint density at radius 1 is 0.158 bits per heavy atom. The molecule has 0 fully saturated rings. The summed E-state index contributed by atoms with van der Waals surface area (Å²) < 4.78 is 9.76. The summed E-state index contributed by atoms with van der Waals surface area (Å²) in [6, 6.07) is 153. The molecule has 6 heterocycles. The van der Waals surface area contributed by atoms with Crippen molar-refractivity contribution in [2.75, 3.05) is 0 Å². The van der Waals surface area contributed by atoms with Crippen molar-refractivity contribution >= 4 is 109 Å². The fourth-order valence-electron chi connectivity index (χ4n) is 18.2. The summed E-state index contributed by atoms with van der Waals surface area (Å²) in [6.07, 6.45) is 0.